The lowest BCUT2D eigenvalue weighted by Crippen LogP contribution is -2.55. The van der Waals surface area contributed by atoms with Gasteiger partial charge in [-0.2, -0.15) is 4.39 Å². The first-order valence-corrected chi connectivity index (χ1v) is 11.1. The Balaban J connectivity index is 1.61. The molecule has 160 valence electrons. The largest absolute Gasteiger partial charge is 0.394 e. The second kappa shape index (κ2) is 9.05. The van der Waals surface area contributed by atoms with Gasteiger partial charge in [0.2, 0.25) is 0 Å². The molecule has 1 aliphatic heterocycles. The predicted molar refractivity (Wildman–Crippen MR) is 110 cm³/mol. The molecule has 1 saturated heterocycles. The summed E-state index contributed by atoms with van der Waals surface area (Å²) in [6.45, 7) is -0.470. The average Bonchev–Trinajstić information content (AvgIpc) is 3.36. The number of rotatable bonds is 5. The molecule has 5 atom stereocenters. The van der Waals surface area contributed by atoms with Crippen LogP contribution in [0.1, 0.15) is 6.04 Å². The standard InChI is InChI=1S/C17H15Cl2FN4O4S2/c18-8-2-1-7(3-9(8)19)29-17-15(27)13(14(26)11(6-25)28-17)24-5-10(22-23-24)16-21-4-12(20)30-16/h1-5,11,13-15,17,25-27H,6H2/t11?,13-,14-,15?,17+/m0/s1. The molecule has 4 rings (SSSR count). The molecule has 13 heteroatoms. The van der Waals surface area contributed by atoms with Gasteiger partial charge in [-0.15, -0.1) is 5.10 Å². The van der Waals surface area contributed by atoms with E-state index in [0.717, 1.165) is 29.3 Å². The zero-order chi connectivity index (χ0) is 21.4. The van der Waals surface area contributed by atoms with Crippen LogP contribution in [-0.2, 0) is 4.74 Å². The lowest BCUT2D eigenvalue weighted by Gasteiger charge is -2.41. The predicted octanol–water partition coefficient (Wildman–Crippen LogP) is 2.62. The van der Waals surface area contributed by atoms with Crippen molar-refractivity contribution in [2.75, 3.05) is 6.61 Å². The zero-order valence-corrected chi connectivity index (χ0v) is 18.1. The van der Waals surface area contributed by atoms with E-state index in [0.29, 0.717) is 25.6 Å². The van der Waals surface area contributed by atoms with E-state index in [1.54, 1.807) is 18.2 Å². The molecule has 8 nitrogen and oxygen atoms in total. The number of halogens is 3. The summed E-state index contributed by atoms with van der Waals surface area (Å²) in [4.78, 5) is 4.59. The third kappa shape index (κ3) is 4.34. The van der Waals surface area contributed by atoms with E-state index in [1.165, 1.54) is 10.9 Å². The SMILES string of the molecule is OCC1O[C@H](Sc2ccc(Cl)c(Cl)c2)C(O)[C@@H](n2cc(-c3ncc(F)s3)nn2)[C@H]1O. The second-order valence-corrected chi connectivity index (χ2v) is 9.41. The summed E-state index contributed by atoms with van der Waals surface area (Å²) in [6.07, 6.45) is -0.925. The smallest absolute Gasteiger partial charge is 0.196 e. The summed E-state index contributed by atoms with van der Waals surface area (Å²) in [5, 5.41) is 39.7. The molecule has 0 bridgehead atoms. The van der Waals surface area contributed by atoms with Crippen molar-refractivity contribution in [2.24, 2.45) is 0 Å². The van der Waals surface area contributed by atoms with Gasteiger partial charge in [0.25, 0.3) is 0 Å². The Kier molecular flexibility index (Phi) is 6.61. The molecule has 3 heterocycles. The summed E-state index contributed by atoms with van der Waals surface area (Å²) < 4.78 is 20.2. The highest BCUT2D eigenvalue weighted by Crippen LogP contribution is 2.39. The Morgan fingerprint density at radius 3 is 2.70 bits per heavy atom. The van der Waals surface area contributed by atoms with Gasteiger partial charge in [0.15, 0.2) is 5.13 Å². The molecule has 0 radical (unpaired) electrons. The number of benzene rings is 1. The fourth-order valence-electron chi connectivity index (χ4n) is 3.06. The lowest BCUT2D eigenvalue weighted by molar-refractivity contribution is -0.178. The summed E-state index contributed by atoms with van der Waals surface area (Å²) in [7, 11) is 0. The van der Waals surface area contributed by atoms with Crippen LogP contribution in [0.25, 0.3) is 10.7 Å². The van der Waals surface area contributed by atoms with Gasteiger partial charge in [-0.25, -0.2) is 9.67 Å². The molecule has 30 heavy (non-hydrogen) atoms. The Morgan fingerprint density at radius 2 is 2.03 bits per heavy atom. The van der Waals surface area contributed by atoms with Crippen molar-refractivity contribution >= 4 is 46.3 Å². The van der Waals surface area contributed by atoms with Crippen LogP contribution in [0, 0.1) is 5.13 Å². The number of ether oxygens (including phenoxy) is 1. The quantitative estimate of drug-likeness (QED) is 0.497. The second-order valence-electron chi connectivity index (χ2n) is 6.44. The fourth-order valence-corrected chi connectivity index (χ4v) is 5.11. The minimum Gasteiger partial charge on any atom is -0.394 e. The number of thioether (sulfide) groups is 1. The van der Waals surface area contributed by atoms with Crippen molar-refractivity contribution in [2.45, 2.75) is 34.7 Å². The first kappa shape index (κ1) is 21.9. The highest BCUT2D eigenvalue weighted by molar-refractivity contribution is 7.99. The van der Waals surface area contributed by atoms with E-state index in [2.05, 4.69) is 15.3 Å². The molecule has 1 aliphatic rings. The number of nitrogens with zero attached hydrogens (tertiary/aromatic N) is 4. The average molecular weight is 493 g/mol. The molecule has 2 unspecified atom stereocenters. The molecule has 1 fully saturated rings. The van der Waals surface area contributed by atoms with Gasteiger partial charge in [0.05, 0.1) is 29.0 Å². The van der Waals surface area contributed by atoms with Crippen molar-refractivity contribution in [1.29, 1.82) is 0 Å². The van der Waals surface area contributed by atoms with Crippen LogP contribution in [0.2, 0.25) is 10.0 Å². The van der Waals surface area contributed by atoms with Gasteiger partial charge in [-0.05, 0) is 18.2 Å². The first-order chi connectivity index (χ1) is 14.4. The summed E-state index contributed by atoms with van der Waals surface area (Å²) in [6, 6.07) is 3.99. The van der Waals surface area contributed by atoms with Crippen LogP contribution >= 0.6 is 46.3 Å². The number of aliphatic hydroxyl groups is 3. The van der Waals surface area contributed by atoms with Gasteiger partial charge in [-0.1, -0.05) is 51.5 Å². The van der Waals surface area contributed by atoms with Crippen molar-refractivity contribution in [3.05, 3.63) is 45.8 Å². The summed E-state index contributed by atoms with van der Waals surface area (Å²) >= 11 is 14.0. The Bertz CT molecular complexity index is 1040. The van der Waals surface area contributed by atoms with Crippen molar-refractivity contribution in [3.63, 3.8) is 0 Å². The number of hydrogen-bond donors (Lipinski definition) is 3. The van der Waals surface area contributed by atoms with E-state index >= 15 is 0 Å². The van der Waals surface area contributed by atoms with Gasteiger partial charge < -0.3 is 20.1 Å². The van der Waals surface area contributed by atoms with Crippen molar-refractivity contribution < 1.29 is 24.4 Å². The van der Waals surface area contributed by atoms with E-state index in [1.807, 2.05) is 0 Å². The van der Waals surface area contributed by atoms with Crippen LogP contribution in [0.4, 0.5) is 4.39 Å². The normalized spacial score (nSPS) is 26.8. The lowest BCUT2D eigenvalue weighted by atomic mass is 9.97. The molecule has 0 spiro atoms. The van der Waals surface area contributed by atoms with Gasteiger partial charge in [0, 0.05) is 4.90 Å². The third-order valence-corrected chi connectivity index (χ3v) is 7.20. The van der Waals surface area contributed by atoms with E-state index in [9.17, 15) is 19.7 Å². The number of aromatic nitrogens is 4. The Morgan fingerprint density at radius 1 is 1.23 bits per heavy atom. The topological polar surface area (TPSA) is 114 Å². The third-order valence-electron chi connectivity index (χ3n) is 4.50. The monoisotopic (exact) mass is 492 g/mol. The highest BCUT2D eigenvalue weighted by Gasteiger charge is 2.46. The maximum atomic E-state index is 13.3. The summed E-state index contributed by atoms with van der Waals surface area (Å²) in [5.41, 5.74) is -0.554. The van der Waals surface area contributed by atoms with E-state index < -0.39 is 41.5 Å². The highest BCUT2D eigenvalue weighted by atomic mass is 35.5. The van der Waals surface area contributed by atoms with Gasteiger partial charge in [-0.3, -0.25) is 0 Å². The molecule has 3 N–H and O–H groups in total. The molecule has 1 aromatic carbocycles. The van der Waals surface area contributed by atoms with Crippen LogP contribution < -0.4 is 0 Å². The van der Waals surface area contributed by atoms with Gasteiger partial charge >= 0.3 is 0 Å². The molecule has 0 aliphatic carbocycles. The molecule has 3 aromatic rings. The minimum atomic E-state index is -1.27. The molecule has 0 saturated carbocycles. The van der Waals surface area contributed by atoms with Crippen LogP contribution in [0.5, 0.6) is 0 Å². The molecule has 2 aromatic heterocycles. The summed E-state index contributed by atoms with van der Waals surface area (Å²) in [5.74, 6) is 0. The van der Waals surface area contributed by atoms with Gasteiger partial charge in [0.1, 0.15) is 40.5 Å². The van der Waals surface area contributed by atoms with Crippen LogP contribution in [0.15, 0.2) is 35.5 Å². The van der Waals surface area contributed by atoms with E-state index in [-0.39, 0.29) is 0 Å². The fraction of sp³-hybridized carbons (Fsp3) is 0.353. The minimum absolute atomic E-state index is 0.295. The van der Waals surface area contributed by atoms with Crippen molar-refractivity contribution in [1.82, 2.24) is 20.0 Å². The molecular weight excluding hydrogens is 478 g/mol. The maximum Gasteiger partial charge on any atom is 0.196 e. The van der Waals surface area contributed by atoms with Crippen molar-refractivity contribution in [3.8, 4) is 10.7 Å². The van der Waals surface area contributed by atoms with Crippen LogP contribution in [-0.4, -0.2) is 65.7 Å². The first-order valence-electron chi connectivity index (χ1n) is 8.65. The molecule has 0 amide bonds. The maximum absolute atomic E-state index is 13.3. The number of hydrogen-bond acceptors (Lipinski definition) is 9. The molecular formula is C17H15Cl2FN4O4S2. The Hall–Kier alpha value is -1.31. The Labute approximate surface area is 188 Å². The van der Waals surface area contributed by atoms with Crippen LogP contribution in [0.3, 0.4) is 0 Å². The van der Waals surface area contributed by atoms with E-state index in [4.69, 9.17) is 27.9 Å². The number of aliphatic hydroxyl groups excluding tert-OH is 3. The number of thiazole rings is 1. The zero-order valence-electron chi connectivity index (χ0n) is 15.0.